The van der Waals surface area contributed by atoms with Crippen molar-refractivity contribution in [3.05, 3.63) is 34.9 Å². The van der Waals surface area contributed by atoms with Gasteiger partial charge in [-0.05, 0) is 36.1 Å². The molecule has 4 N–H and O–H groups in total. The van der Waals surface area contributed by atoms with Crippen LogP contribution in [0.15, 0.2) is 18.2 Å². The van der Waals surface area contributed by atoms with Gasteiger partial charge in [0.05, 0.1) is 0 Å². The molecular weight excluding hydrogens is 164 g/mol. The number of benzene rings is 1. The van der Waals surface area contributed by atoms with Gasteiger partial charge < -0.3 is 11.5 Å². The first-order valence-electron chi connectivity index (χ1n) is 4.34. The Morgan fingerprint density at radius 2 is 2.00 bits per heavy atom. The second-order valence-electron chi connectivity index (χ2n) is 3.52. The Labute approximate surface area is 76.7 Å². The topological polar surface area (TPSA) is 69.1 Å². The van der Waals surface area contributed by atoms with Crippen molar-refractivity contribution in [2.45, 2.75) is 18.9 Å². The van der Waals surface area contributed by atoms with Crippen LogP contribution in [0.2, 0.25) is 0 Å². The van der Waals surface area contributed by atoms with Gasteiger partial charge in [0.15, 0.2) is 0 Å². The number of hydrogen-bond acceptors (Lipinski definition) is 2. The van der Waals surface area contributed by atoms with Crippen LogP contribution in [0.5, 0.6) is 0 Å². The van der Waals surface area contributed by atoms with E-state index in [4.69, 9.17) is 11.5 Å². The molecule has 68 valence electrons. The molecule has 2 rings (SSSR count). The van der Waals surface area contributed by atoms with Crippen molar-refractivity contribution in [1.29, 1.82) is 0 Å². The zero-order valence-electron chi connectivity index (χ0n) is 7.29. The van der Waals surface area contributed by atoms with E-state index in [1.807, 2.05) is 12.1 Å². The van der Waals surface area contributed by atoms with E-state index in [0.29, 0.717) is 5.56 Å². The first-order chi connectivity index (χ1) is 6.16. The molecule has 0 aromatic heterocycles. The van der Waals surface area contributed by atoms with E-state index in [0.717, 1.165) is 12.8 Å². The summed E-state index contributed by atoms with van der Waals surface area (Å²) in [5, 5.41) is 0. The van der Waals surface area contributed by atoms with Crippen LogP contribution in [0.1, 0.15) is 21.5 Å². The minimum absolute atomic E-state index is 0.207. The second kappa shape index (κ2) is 2.85. The first-order valence-corrected chi connectivity index (χ1v) is 4.34. The van der Waals surface area contributed by atoms with Crippen molar-refractivity contribution in [2.75, 3.05) is 0 Å². The number of nitrogens with two attached hydrogens (primary N) is 2. The minimum Gasteiger partial charge on any atom is -0.366 e. The Balaban J connectivity index is 2.40. The van der Waals surface area contributed by atoms with Gasteiger partial charge in [-0.2, -0.15) is 0 Å². The van der Waals surface area contributed by atoms with Gasteiger partial charge in [-0.3, -0.25) is 4.79 Å². The Morgan fingerprint density at radius 3 is 2.69 bits per heavy atom. The number of rotatable bonds is 1. The van der Waals surface area contributed by atoms with Crippen molar-refractivity contribution in [3.63, 3.8) is 0 Å². The van der Waals surface area contributed by atoms with Crippen molar-refractivity contribution in [1.82, 2.24) is 0 Å². The lowest BCUT2D eigenvalue weighted by molar-refractivity contribution is 0.1000. The molecule has 0 fully saturated rings. The summed E-state index contributed by atoms with van der Waals surface area (Å²) in [6, 6.07) is 5.77. The van der Waals surface area contributed by atoms with E-state index in [2.05, 4.69) is 0 Å². The van der Waals surface area contributed by atoms with Crippen LogP contribution in [0.25, 0.3) is 0 Å². The molecule has 1 atom stereocenters. The number of carbonyl (C=O) groups excluding carboxylic acids is 1. The molecule has 0 saturated carbocycles. The summed E-state index contributed by atoms with van der Waals surface area (Å²) in [6.45, 7) is 0. The van der Waals surface area contributed by atoms with Gasteiger partial charge >= 0.3 is 0 Å². The monoisotopic (exact) mass is 176 g/mol. The highest BCUT2D eigenvalue weighted by atomic mass is 16.1. The molecule has 0 bridgehead atoms. The standard InChI is InChI=1S/C10H12N2O/c11-9-4-6-1-2-7(10(12)13)3-8(6)5-9/h1-3,9H,4-5,11H2,(H2,12,13). The fourth-order valence-corrected chi connectivity index (χ4v) is 1.81. The maximum atomic E-state index is 10.9. The number of carbonyl (C=O) groups is 1. The molecule has 0 saturated heterocycles. The molecule has 1 aliphatic rings. The molecule has 3 heteroatoms. The largest absolute Gasteiger partial charge is 0.366 e. The van der Waals surface area contributed by atoms with Gasteiger partial charge in [0.2, 0.25) is 5.91 Å². The lowest BCUT2D eigenvalue weighted by Crippen LogP contribution is -2.19. The second-order valence-corrected chi connectivity index (χ2v) is 3.52. The summed E-state index contributed by atoms with van der Waals surface area (Å²) in [5.74, 6) is -0.372. The molecule has 0 radical (unpaired) electrons. The van der Waals surface area contributed by atoms with E-state index in [1.54, 1.807) is 6.07 Å². The molecule has 0 heterocycles. The van der Waals surface area contributed by atoms with Gasteiger partial charge in [0.25, 0.3) is 0 Å². The van der Waals surface area contributed by atoms with Gasteiger partial charge in [-0.15, -0.1) is 0 Å². The predicted molar refractivity (Wildman–Crippen MR) is 50.3 cm³/mol. The fourth-order valence-electron chi connectivity index (χ4n) is 1.81. The molecule has 1 aromatic rings. The predicted octanol–water partition coefficient (Wildman–Crippen LogP) is 0.211. The normalized spacial score (nSPS) is 19.9. The lowest BCUT2D eigenvalue weighted by Gasteiger charge is -2.00. The third-order valence-electron chi connectivity index (χ3n) is 2.45. The average molecular weight is 176 g/mol. The van der Waals surface area contributed by atoms with E-state index >= 15 is 0 Å². The molecule has 1 aromatic carbocycles. The van der Waals surface area contributed by atoms with Crippen LogP contribution in [0.4, 0.5) is 0 Å². The number of fused-ring (bicyclic) bond motifs is 1. The van der Waals surface area contributed by atoms with Crippen molar-refractivity contribution < 1.29 is 4.79 Å². The molecular formula is C10H12N2O. The van der Waals surface area contributed by atoms with Crippen LogP contribution in [0.3, 0.4) is 0 Å². The Hall–Kier alpha value is -1.35. The lowest BCUT2D eigenvalue weighted by atomic mass is 10.1. The van der Waals surface area contributed by atoms with Gasteiger partial charge in [0.1, 0.15) is 0 Å². The molecule has 1 aliphatic carbocycles. The summed E-state index contributed by atoms with van der Waals surface area (Å²) < 4.78 is 0. The average Bonchev–Trinajstić information content (AvgIpc) is 2.42. The van der Waals surface area contributed by atoms with Gasteiger partial charge in [-0.25, -0.2) is 0 Å². The molecule has 0 spiro atoms. The summed E-state index contributed by atoms with van der Waals surface area (Å²) in [7, 11) is 0. The number of amides is 1. The summed E-state index contributed by atoms with van der Waals surface area (Å²) in [5.41, 5.74) is 14.0. The molecule has 3 nitrogen and oxygen atoms in total. The van der Waals surface area contributed by atoms with Crippen LogP contribution in [-0.4, -0.2) is 11.9 Å². The van der Waals surface area contributed by atoms with Gasteiger partial charge in [0, 0.05) is 11.6 Å². The molecule has 1 amide bonds. The van der Waals surface area contributed by atoms with Crippen molar-refractivity contribution in [2.24, 2.45) is 11.5 Å². The minimum atomic E-state index is -0.372. The molecule has 1 unspecified atom stereocenters. The molecule has 0 aliphatic heterocycles. The zero-order chi connectivity index (χ0) is 9.42. The molecule has 13 heavy (non-hydrogen) atoms. The highest BCUT2D eigenvalue weighted by Gasteiger charge is 2.18. The Bertz CT molecular complexity index is 360. The third kappa shape index (κ3) is 1.42. The van der Waals surface area contributed by atoms with Crippen molar-refractivity contribution in [3.8, 4) is 0 Å². The highest BCUT2D eigenvalue weighted by Crippen LogP contribution is 2.22. The smallest absolute Gasteiger partial charge is 0.248 e. The van der Waals surface area contributed by atoms with Crippen LogP contribution < -0.4 is 11.5 Å². The van der Waals surface area contributed by atoms with Crippen LogP contribution in [0, 0.1) is 0 Å². The summed E-state index contributed by atoms with van der Waals surface area (Å²) >= 11 is 0. The fraction of sp³-hybridized carbons (Fsp3) is 0.300. The number of hydrogen-bond donors (Lipinski definition) is 2. The van der Waals surface area contributed by atoms with E-state index in [-0.39, 0.29) is 11.9 Å². The third-order valence-corrected chi connectivity index (χ3v) is 2.45. The Kier molecular flexibility index (Phi) is 1.81. The number of primary amides is 1. The first kappa shape index (κ1) is 8.26. The van der Waals surface area contributed by atoms with E-state index in [9.17, 15) is 4.79 Å². The summed E-state index contributed by atoms with van der Waals surface area (Å²) in [4.78, 5) is 10.9. The van der Waals surface area contributed by atoms with Crippen LogP contribution >= 0.6 is 0 Å². The quantitative estimate of drug-likeness (QED) is 0.642. The Morgan fingerprint density at radius 1 is 1.31 bits per heavy atom. The van der Waals surface area contributed by atoms with E-state index in [1.165, 1.54) is 11.1 Å². The van der Waals surface area contributed by atoms with E-state index < -0.39 is 0 Å². The maximum absolute atomic E-state index is 10.9. The van der Waals surface area contributed by atoms with Crippen LogP contribution in [-0.2, 0) is 12.8 Å². The highest BCUT2D eigenvalue weighted by molar-refractivity contribution is 5.93. The van der Waals surface area contributed by atoms with Gasteiger partial charge in [-0.1, -0.05) is 6.07 Å². The zero-order valence-corrected chi connectivity index (χ0v) is 7.29. The summed E-state index contributed by atoms with van der Waals surface area (Å²) in [6.07, 6.45) is 1.77. The van der Waals surface area contributed by atoms with Crippen molar-refractivity contribution >= 4 is 5.91 Å². The maximum Gasteiger partial charge on any atom is 0.248 e. The SMILES string of the molecule is NC(=O)c1ccc2c(c1)CC(N)C2.